The van der Waals surface area contributed by atoms with Crippen molar-refractivity contribution in [1.29, 1.82) is 0 Å². The number of hydrogen-bond donors (Lipinski definition) is 6. The summed E-state index contributed by atoms with van der Waals surface area (Å²) in [6, 6.07) is 25.5. The van der Waals surface area contributed by atoms with E-state index in [4.69, 9.17) is 0 Å². The molecule has 4 aromatic carbocycles. The Bertz CT molecular complexity index is 3820. The summed E-state index contributed by atoms with van der Waals surface area (Å²) in [4.78, 5) is 58.6. The van der Waals surface area contributed by atoms with Gasteiger partial charge in [-0.3, -0.25) is 23.2 Å². The van der Waals surface area contributed by atoms with Crippen LogP contribution in [-0.4, -0.2) is 90.6 Å². The van der Waals surface area contributed by atoms with Crippen molar-refractivity contribution in [2.24, 2.45) is 0 Å². The molecule has 4 aromatic heterocycles. The van der Waals surface area contributed by atoms with E-state index in [1.54, 1.807) is 66.2 Å². The summed E-state index contributed by atoms with van der Waals surface area (Å²) in [7, 11) is 0. The number of aryl methyl sites for hydroxylation is 4. The first-order valence-electron chi connectivity index (χ1n) is 27.1. The van der Waals surface area contributed by atoms with Crippen LogP contribution in [0.1, 0.15) is 122 Å². The highest BCUT2D eigenvalue weighted by molar-refractivity contribution is 5.98. The second-order valence-electron chi connectivity index (χ2n) is 22.0. The average Bonchev–Trinajstić information content (AvgIpc) is 4.48. The zero-order valence-electron chi connectivity index (χ0n) is 45.8. The number of carboxylic acid groups (broad SMARTS) is 1. The van der Waals surface area contributed by atoms with Gasteiger partial charge in [-0.1, -0.05) is 36.4 Å². The number of nitrogens with zero attached hydrogens (tertiary/aromatic N) is 4. The molecular formula is C62H61F6N9O5. The molecule has 0 unspecified atom stereocenters. The molecule has 0 atom stereocenters. The molecule has 0 saturated heterocycles. The van der Waals surface area contributed by atoms with Crippen molar-refractivity contribution in [3.8, 4) is 44.8 Å². The van der Waals surface area contributed by atoms with Gasteiger partial charge in [0.2, 0.25) is 0 Å². The van der Waals surface area contributed by atoms with Crippen LogP contribution in [0.2, 0.25) is 0 Å². The lowest BCUT2D eigenvalue weighted by Gasteiger charge is -2.16. The molecule has 0 radical (unpaired) electrons. The van der Waals surface area contributed by atoms with Crippen LogP contribution in [0, 0.1) is 27.7 Å². The van der Waals surface area contributed by atoms with Crippen molar-refractivity contribution in [1.82, 2.24) is 34.7 Å². The molecule has 0 aliphatic heterocycles. The van der Waals surface area contributed by atoms with Gasteiger partial charge in [0.25, 0.3) is 17.7 Å². The Morgan fingerprint density at radius 2 is 0.902 bits per heavy atom. The van der Waals surface area contributed by atoms with Crippen molar-refractivity contribution in [2.75, 3.05) is 23.7 Å². The number of benzene rings is 4. The van der Waals surface area contributed by atoms with E-state index in [0.717, 1.165) is 83.2 Å². The lowest BCUT2D eigenvalue weighted by atomic mass is 9.99. The number of carbonyl (C=O) groups excluding carboxylic acids is 3. The van der Waals surface area contributed by atoms with Crippen LogP contribution in [0.4, 0.5) is 37.7 Å². The summed E-state index contributed by atoms with van der Waals surface area (Å²) in [6.45, 7) is 8.71. The maximum absolute atomic E-state index is 13.0. The average molecular weight is 1130 g/mol. The Balaban J connectivity index is 0.000000185. The van der Waals surface area contributed by atoms with E-state index in [1.165, 1.54) is 6.07 Å². The summed E-state index contributed by atoms with van der Waals surface area (Å²) in [5.41, 5.74) is 12.6. The van der Waals surface area contributed by atoms with Gasteiger partial charge in [0, 0.05) is 82.0 Å². The fraction of sp³-hybridized carbons (Fsp3) is 0.323. The van der Waals surface area contributed by atoms with Crippen LogP contribution in [0.25, 0.3) is 56.1 Å². The number of halogens is 6. The number of carbonyl (C=O) groups is 4. The smallest absolute Gasteiger partial charge is 0.390 e. The summed E-state index contributed by atoms with van der Waals surface area (Å²) in [5, 5.41) is 24.3. The number of carboxylic acids is 1. The van der Waals surface area contributed by atoms with E-state index in [9.17, 15) is 50.6 Å². The number of nitrogens with one attached hydrogen (secondary N) is 5. The van der Waals surface area contributed by atoms with Gasteiger partial charge < -0.3 is 31.7 Å². The zero-order valence-corrected chi connectivity index (χ0v) is 45.8. The van der Waals surface area contributed by atoms with Gasteiger partial charge in [0.05, 0.1) is 53.6 Å². The highest BCUT2D eigenvalue weighted by atomic mass is 19.4. The highest BCUT2D eigenvalue weighted by Gasteiger charge is 2.39. The van der Waals surface area contributed by atoms with Crippen LogP contribution in [-0.2, 0) is 0 Å². The van der Waals surface area contributed by atoms with Gasteiger partial charge in [-0.25, -0.2) is 14.8 Å². The van der Waals surface area contributed by atoms with Gasteiger partial charge in [0.1, 0.15) is 0 Å². The molecule has 3 aliphatic rings. The topological polar surface area (TPSA) is 183 Å². The Morgan fingerprint density at radius 1 is 0.537 bits per heavy atom. The summed E-state index contributed by atoms with van der Waals surface area (Å²) in [5.74, 6) is -1.36. The lowest BCUT2D eigenvalue weighted by molar-refractivity contribution is -0.132. The number of fused-ring (bicyclic) bond motifs is 2. The number of alkyl halides is 6. The maximum atomic E-state index is 13.0. The molecule has 0 spiro atoms. The van der Waals surface area contributed by atoms with Crippen molar-refractivity contribution < 1.29 is 50.6 Å². The predicted molar refractivity (Wildman–Crippen MR) is 302 cm³/mol. The molecule has 4 heterocycles. The Hall–Kier alpha value is -8.68. The van der Waals surface area contributed by atoms with Gasteiger partial charge in [-0.2, -0.15) is 26.3 Å². The van der Waals surface area contributed by atoms with E-state index in [1.807, 2.05) is 80.9 Å². The zero-order chi connectivity index (χ0) is 58.4. The molecule has 3 amide bonds. The number of amides is 3. The fourth-order valence-electron chi connectivity index (χ4n) is 9.83. The number of aromatic carboxylic acids is 1. The molecule has 6 N–H and O–H groups in total. The summed E-state index contributed by atoms with van der Waals surface area (Å²) in [6.07, 6.45) is 2.36. The molecule has 11 rings (SSSR count). The van der Waals surface area contributed by atoms with Gasteiger partial charge >= 0.3 is 18.3 Å². The number of imidazole rings is 2. The number of anilines is 2. The molecule has 14 nitrogen and oxygen atoms in total. The van der Waals surface area contributed by atoms with Crippen molar-refractivity contribution >= 4 is 46.4 Å². The van der Waals surface area contributed by atoms with Gasteiger partial charge in [-0.15, -0.1) is 0 Å². The molecule has 3 saturated carbocycles. The largest absolute Gasteiger partial charge is 0.478 e. The third-order valence-electron chi connectivity index (χ3n) is 15.0. The number of rotatable bonds is 17. The number of pyridine rings is 2. The molecule has 82 heavy (non-hydrogen) atoms. The molecule has 8 aromatic rings. The minimum absolute atomic E-state index is 0.0955. The van der Waals surface area contributed by atoms with Crippen LogP contribution < -0.4 is 26.6 Å². The van der Waals surface area contributed by atoms with Gasteiger partial charge in [0.15, 0.2) is 11.3 Å². The van der Waals surface area contributed by atoms with E-state index < -0.39 is 31.2 Å². The Morgan fingerprint density at radius 3 is 1.26 bits per heavy atom. The molecule has 0 bridgehead atoms. The first-order valence-corrected chi connectivity index (χ1v) is 27.1. The molecule has 3 aliphatic carbocycles. The van der Waals surface area contributed by atoms with Crippen LogP contribution in [0.15, 0.2) is 110 Å². The van der Waals surface area contributed by atoms with E-state index >= 15 is 0 Å². The minimum Gasteiger partial charge on any atom is -0.478 e. The molecule has 3 fully saturated rings. The highest BCUT2D eigenvalue weighted by Crippen LogP contribution is 2.37. The van der Waals surface area contributed by atoms with Crippen molar-refractivity contribution in [2.45, 2.75) is 116 Å². The fourth-order valence-corrected chi connectivity index (χ4v) is 9.83. The normalized spacial score (nSPS) is 14.7. The Kier molecular flexibility index (Phi) is 15.4. The third kappa shape index (κ3) is 13.2. The summed E-state index contributed by atoms with van der Waals surface area (Å²) < 4.78 is 81.1. The lowest BCUT2D eigenvalue weighted by Crippen LogP contribution is -2.34. The second-order valence-corrected chi connectivity index (χ2v) is 22.0. The quantitative estimate of drug-likeness (QED) is 0.0483. The Labute approximate surface area is 468 Å². The monoisotopic (exact) mass is 1130 g/mol. The van der Waals surface area contributed by atoms with E-state index in [2.05, 4.69) is 36.6 Å². The van der Waals surface area contributed by atoms with Gasteiger partial charge in [-0.05, 0) is 155 Å². The van der Waals surface area contributed by atoms with E-state index in [-0.39, 0.29) is 54.0 Å². The SMILES string of the molecule is Cc1cc(-c2cc(NCCC(F)(F)F)c3ncc(-c4ccc(C(=O)NC5CC5)c(C)c4)n3c2)ccc1C(=O)O.Cc1cc(-c2cnc3c(NCCC(F)(F)F)cc(-c4ccc(C(=O)NC5(C)CC5)c(C)c4)cn23)ccc1C(=O)NC1CC1. The first kappa shape index (κ1) is 56.6. The number of aromatic nitrogens is 4. The second kappa shape index (κ2) is 22.3. The third-order valence-corrected chi connectivity index (χ3v) is 15.0. The number of hydrogen-bond acceptors (Lipinski definition) is 8. The summed E-state index contributed by atoms with van der Waals surface area (Å²) >= 11 is 0. The van der Waals surface area contributed by atoms with Crippen molar-refractivity contribution in [3.05, 3.63) is 154 Å². The van der Waals surface area contributed by atoms with Crippen molar-refractivity contribution in [3.63, 3.8) is 0 Å². The molecular weight excluding hydrogens is 1060 g/mol. The molecule has 20 heteroatoms. The van der Waals surface area contributed by atoms with E-state index in [0.29, 0.717) is 61.7 Å². The molecule has 426 valence electrons. The predicted octanol–water partition coefficient (Wildman–Crippen LogP) is 13.1. The van der Waals surface area contributed by atoms with Crippen LogP contribution in [0.5, 0.6) is 0 Å². The van der Waals surface area contributed by atoms with Crippen LogP contribution >= 0.6 is 0 Å². The first-order chi connectivity index (χ1) is 38.9. The maximum Gasteiger partial charge on any atom is 0.390 e. The minimum atomic E-state index is -4.31. The standard InChI is InChI=1S/C33H34F3N5O2.C29H27F3N4O3/c1-19-14-21(4-8-26(19)31(43)40-32(3)10-11-32)23-16-27(37-13-12-33(34,35)36)29-38-17-28(41(29)18-23)22-5-9-25(20(2)15-22)30(42)39-24-6-7-24;1-16-12-19(4-7-22(16)27(37)35-21-5-6-21)25-14-34-26-24(33-10-9-29(30,31)32)13-20(15-36(25)26)18-3-8-23(28(38)39)17(2)11-18/h4-5,8-9,14-18,24,37H,6-7,10-13H2,1-3H3,(H,39,42)(H,40,43);3-4,7-8,11-15,21,33H,5-6,9-10H2,1-2H3,(H,35,37)(H,38,39). The van der Waals surface area contributed by atoms with Crippen LogP contribution in [0.3, 0.4) is 0 Å².